The number of nitrogens with zero attached hydrogens (tertiary/aromatic N) is 1. The highest BCUT2D eigenvalue weighted by molar-refractivity contribution is 5.82. The highest BCUT2D eigenvalue weighted by Crippen LogP contribution is 2.31. The highest BCUT2D eigenvalue weighted by atomic mass is 19.1. The Kier molecular flexibility index (Phi) is 3.15. The molecule has 1 aromatic rings. The lowest BCUT2D eigenvalue weighted by Crippen LogP contribution is -2.46. The molecule has 17 heavy (non-hydrogen) atoms. The molecule has 0 saturated heterocycles. The lowest BCUT2D eigenvalue weighted by molar-refractivity contribution is -0.134. The first-order valence-corrected chi connectivity index (χ1v) is 5.85. The highest BCUT2D eigenvalue weighted by Gasteiger charge is 2.30. The summed E-state index contributed by atoms with van der Waals surface area (Å²) in [6.45, 7) is 4.12. The molecule has 1 amide bonds. The summed E-state index contributed by atoms with van der Waals surface area (Å²) in [4.78, 5) is 13.6. The quantitative estimate of drug-likeness (QED) is 0.805. The minimum Gasteiger partial charge on any atom is -0.334 e. The van der Waals surface area contributed by atoms with Gasteiger partial charge in [0.05, 0.1) is 12.1 Å². The van der Waals surface area contributed by atoms with E-state index in [1.165, 1.54) is 6.07 Å². The van der Waals surface area contributed by atoms with Gasteiger partial charge in [-0.05, 0) is 31.9 Å². The van der Waals surface area contributed by atoms with E-state index in [4.69, 9.17) is 5.73 Å². The van der Waals surface area contributed by atoms with Crippen LogP contribution in [0.1, 0.15) is 31.0 Å². The van der Waals surface area contributed by atoms with E-state index in [1.807, 2.05) is 13.0 Å². The maximum atomic E-state index is 13.8. The SMILES string of the molecule is CC1c2c(F)cccc2CCN1C(=O)[C@H](C)N. The lowest BCUT2D eigenvalue weighted by atomic mass is 9.92. The fourth-order valence-electron chi connectivity index (χ4n) is 2.42. The minimum atomic E-state index is -0.536. The second kappa shape index (κ2) is 4.45. The van der Waals surface area contributed by atoms with Gasteiger partial charge in [0.15, 0.2) is 0 Å². The van der Waals surface area contributed by atoms with Gasteiger partial charge in [-0.15, -0.1) is 0 Å². The summed E-state index contributed by atoms with van der Waals surface area (Å²) in [6, 6.07) is 4.30. The minimum absolute atomic E-state index is 0.119. The molecule has 0 spiro atoms. The Bertz CT molecular complexity index is 445. The third-order valence-electron chi connectivity index (χ3n) is 3.32. The zero-order valence-electron chi connectivity index (χ0n) is 10.1. The van der Waals surface area contributed by atoms with Gasteiger partial charge in [0.1, 0.15) is 5.82 Å². The van der Waals surface area contributed by atoms with Crippen LogP contribution in [0.25, 0.3) is 0 Å². The number of carbonyl (C=O) groups is 1. The monoisotopic (exact) mass is 236 g/mol. The topological polar surface area (TPSA) is 46.3 Å². The molecule has 4 heteroatoms. The molecule has 1 heterocycles. The van der Waals surface area contributed by atoms with Crippen LogP contribution in [0.4, 0.5) is 4.39 Å². The van der Waals surface area contributed by atoms with E-state index in [-0.39, 0.29) is 17.8 Å². The first-order valence-electron chi connectivity index (χ1n) is 5.85. The lowest BCUT2D eigenvalue weighted by Gasteiger charge is -2.36. The van der Waals surface area contributed by atoms with Gasteiger partial charge in [0.2, 0.25) is 5.91 Å². The van der Waals surface area contributed by atoms with Crippen LogP contribution in [0.3, 0.4) is 0 Å². The third-order valence-corrected chi connectivity index (χ3v) is 3.32. The molecular weight excluding hydrogens is 219 g/mol. The van der Waals surface area contributed by atoms with Gasteiger partial charge in [-0.2, -0.15) is 0 Å². The molecule has 92 valence electrons. The smallest absolute Gasteiger partial charge is 0.239 e. The Morgan fingerprint density at radius 1 is 1.59 bits per heavy atom. The van der Waals surface area contributed by atoms with E-state index >= 15 is 0 Å². The van der Waals surface area contributed by atoms with E-state index < -0.39 is 6.04 Å². The molecule has 2 rings (SSSR count). The van der Waals surface area contributed by atoms with Crippen LogP contribution in [0.15, 0.2) is 18.2 Å². The van der Waals surface area contributed by atoms with E-state index in [0.717, 1.165) is 5.56 Å². The van der Waals surface area contributed by atoms with Crippen molar-refractivity contribution in [1.82, 2.24) is 4.90 Å². The summed E-state index contributed by atoms with van der Waals surface area (Å²) >= 11 is 0. The van der Waals surface area contributed by atoms with Crippen molar-refractivity contribution >= 4 is 5.91 Å². The van der Waals surface area contributed by atoms with E-state index in [9.17, 15) is 9.18 Å². The van der Waals surface area contributed by atoms with Crippen LogP contribution in [0.2, 0.25) is 0 Å². The van der Waals surface area contributed by atoms with Crippen LogP contribution < -0.4 is 5.73 Å². The molecule has 0 aliphatic carbocycles. The molecule has 0 saturated carbocycles. The predicted molar refractivity (Wildman–Crippen MR) is 63.9 cm³/mol. The Morgan fingerprint density at radius 3 is 2.94 bits per heavy atom. The fourth-order valence-corrected chi connectivity index (χ4v) is 2.42. The van der Waals surface area contributed by atoms with Gasteiger partial charge >= 0.3 is 0 Å². The Hall–Kier alpha value is -1.42. The summed E-state index contributed by atoms with van der Waals surface area (Å²) in [6.07, 6.45) is 0.690. The second-order valence-corrected chi connectivity index (χ2v) is 4.56. The van der Waals surface area contributed by atoms with Crippen molar-refractivity contribution in [2.24, 2.45) is 5.73 Å². The van der Waals surface area contributed by atoms with Gasteiger partial charge in [0, 0.05) is 12.1 Å². The van der Waals surface area contributed by atoms with E-state index in [2.05, 4.69) is 0 Å². The van der Waals surface area contributed by atoms with Crippen molar-refractivity contribution in [3.05, 3.63) is 35.1 Å². The molecule has 1 aromatic carbocycles. The molecule has 2 atom stereocenters. The van der Waals surface area contributed by atoms with Gasteiger partial charge in [-0.1, -0.05) is 12.1 Å². The van der Waals surface area contributed by atoms with Gasteiger partial charge in [-0.3, -0.25) is 4.79 Å². The van der Waals surface area contributed by atoms with E-state index in [1.54, 1.807) is 17.9 Å². The van der Waals surface area contributed by atoms with Crippen LogP contribution in [-0.4, -0.2) is 23.4 Å². The molecule has 0 aromatic heterocycles. The second-order valence-electron chi connectivity index (χ2n) is 4.56. The van der Waals surface area contributed by atoms with Crippen molar-refractivity contribution in [3.63, 3.8) is 0 Å². The van der Waals surface area contributed by atoms with Gasteiger partial charge < -0.3 is 10.6 Å². The molecular formula is C13H17FN2O. The summed E-state index contributed by atoms with van der Waals surface area (Å²) in [5, 5.41) is 0. The molecule has 0 bridgehead atoms. The van der Waals surface area contributed by atoms with Crippen molar-refractivity contribution in [3.8, 4) is 0 Å². The largest absolute Gasteiger partial charge is 0.334 e. The number of hydrogen-bond acceptors (Lipinski definition) is 2. The summed E-state index contributed by atoms with van der Waals surface area (Å²) < 4.78 is 13.8. The number of benzene rings is 1. The van der Waals surface area contributed by atoms with E-state index in [0.29, 0.717) is 18.5 Å². The summed E-state index contributed by atoms with van der Waals surface area (Å²) in [5.74, 6) is -0.358. The van der Waals surface area contributed by atoms with Crippen molar-refractivity contribution in [2.75, 3.05) is 6.54 Å². The molecule has 3 nitrogen and oxygen atoms in total. The van der Waals surface area contributed by atoms with Crippen molar-refractivity contribution in [1.29, 1.82) is 0 Å². The Morgan fingerprint density at radius 2 is 2.29 bits per heavy atom. The first-order chi connectivity index (χ1) is 8.02. The fraction of sp³-hybridized carbons (Fsp3) is 0.462. The number of fused-ring (bicyclic) bond motifs is 1. The Labute approximate surface area is 100 Å². The number of nitrogens with two attached hydrogens (primary N) is 1. The van der Waals surface area contributed by atoms with Gasteiger partial charge in [0.25, 0.3) is 0 Å². The zero-order valence-corrected chi connectivity index (χ0v) is 10.1. The molecule has 2 N–H and O–H groups in total. The van der Waals surface area contributed by atoms with Crippen molar-refractivity contribution in [2.45, 2.75) is 32.4 Å². The molecule has 1 unspecified atom stereocenters. The molecule has 0 fully saturated rings. The predicted octanol–water partition coefficient (Wildman–Crippen LogP) is 1.62. The molecule has 1 aliphatic rings. The summed E-state index contributed by atoms with van der Waals surface area (Å²) in [7, 11) is 0. The molecule has 1 aliphatic heterocycles. The standard InChI is InChI=1S/C13H17FN2O/c1-8(15)13(17)16-7-6-10-4-3-5-11(14)12(10)9(16)2/h3-5,8-9H,6-7,15H2,1-2H3/t8-,9?/m0/s1. The molecule has 0 radical (unpaired) electrons. The van der Waals surface area contributed by atoms with Crippen LogP contribution in [0.5, 0.6) is 0 Å². The average Bonchev–Trinajstić information content (AvgIpc) is 2.28. The number of amides is 1. The first kappa shape index (κ1) is 12.0. The maximum Gasteiger partial charge on any atom is 0.239 e. The Balaban J connectivity index is 2.36. The third kappa shape index (κ3) is 2.05. The maximum absolute atomic E-state index is 13.8. The van der Waals surface area contributed by atoms with Crippen LogP contribution in [-0.2, 0) is 11.2 Å². The van der Waals surface area contributed by atoms with Crippen LogP contribution in [0, 0.1) is 5.82 Å². The summed E-state index contributed by atoms with van der Waals surface area (Å²) in [5.41, 5.74) is 7.23. The zero-order chi connectivity index (χ0) is 12.6. The van der Waals surface area contributed by atoms with Gasteiger partial charge in [-0.25, -0.2) is 4.39 Å². The average molecular weight is 236 g/mol. The normalized spacial score (nSPS) is 20.9. The van der Waals surface area contributed by atoms with Crippen LogP contribution >= 0.6 is 0 Å². The van der Waals surface area contributed by atoms with Crippen molar-refractivity contribution < 1.29 is 9.18 Å². The number of halogens is 1. The number of carbonyl (C=O) groups excluding carboxylic acids is 1. The number of rotatable bonds is 1. The number of hydrogen-bond donors (Lipinski definition) is 1.